The number of carbonyl (C=O) groups is 5. The second-order valence-corrected chi connectivity index (χ2v) is 21.5. The van der Waals surface area contributed by atoms with Crippen LogP contribution in [-0.4, -0.2) is 155 Å². The SMILES string of the molecule is C#C.C1CS1.CC.CC(C)(C#CC(=O)N1CCCC1)N1CCC1.CC(C)C(C(N)=O)N(C)C=O.CCCCC[C@H](NNC=O)C(=O)OCC(C)(C)Cc1c(-c2cccnc2C(C)OC)n(CC)c2ccc(NCCO)cc12.CS. The first kappa shape index (κ1) is 73.7. The van der Waals surface area contributed by atoms with E-state index in [-0.39, 0.29) is 42.7 Å². The number of hydrogen-bond donors (Lipinski definition) is 6. The molecule has 444 valence electrons. The quantitative estimate of drug-likeness (QED) is 0.00948. The number of esters is 1. The number of nitrogens with zero attached hydrogens (tertiary/aromatic N) is 5. The number of unbranched alkanes of at least 4 members (excludes halogenated alkanes) is 2. The highest BCUT2D eigenvalue weighted by molar-refractivity contribution is 8.06. The van der Waals surface area contributed by atoms with Gasteiger partial charge in [0.1, 0.15) is 12.1 Å². The van der Waals surface area contributed by atoms with E-state index in [0.717, 1.165) is 104 Å². The molecule has 17 nitrogen and oxygen atoms in total. The van der Waals surface area contributed by atoms with Crippen molar-refractivity contribution in [2.75, 3.05) is 83.2 Å². The van der Waals surface area contributed by atoms with Crippen LogP contribution in [0.5, 0.6) is 0 Å². The number of hydrazine groups is 1. The lowest BCUT2D eigenvalue weighted by Crippen LogP contribution is -2.51. The van der Waals surface area contributed by atoms with E-state index in [1.165, 1.54) is 22.8 Å². The molecule has 79 heavy (non-hydrogen) atoms. The van der Waals surface area contributed by atoms with E-state index in [1.807, 2.05) is 63.4 Å². The molecule has 0 aliphatic carbocycles. The largest absolute Gasteiger partial charge is 0.464 e. The summed E-state index contributed by atoms with van der Waals surface area (Å²) in [6.45, 7) is 27.7. The Hall–Kier alpha value is -5.28. The van der Waals surface area contributed by atoms with Crippen molar-refractivity contribution in [1.29, 1.82) is 0 Å². The molecule has 4 amide bonds. The molecule has 1 aromatic carbocycles. The zero-order valence-corrected chi connectivity index (χ0v) is 52.0. The van der Waals surface area contributed by atoms with E-state index in [9.17, 15) is 29.1 Å². The lowest BCUT2D eigenvalue weighted by molar-refractivity contribution is -0.150. The molecular weight excluding hydrogens is 1040 g/mol. The van der Waals surface area contributed by atoms with E-state index in [1.54, 1.807) is 26.6 Å². The first-order valence-electron chi connectivity index (χ1n) is 27.8. The Labute approximate surface area is 484 Å². The predicted molar refractivity (Wildman–Crippen MR) is 330 cm³/mol. The van der Waals surface area contributed by atoms with Gasteiger partial charge in [-0.2, -0.15) is 24.4 Å². The van der Waals surface area contributed by atoms with Crippen LogP contribution in [0.2, 0.25) is 0 Å². The number of terminal acetylenes is 1. The highest BCUT2D eigenvalue weighted by atomic mass is 32.2. The molecule has 3 aromatic rings. The van der Waals surface area contributed by atoms with E-state index in [0.29, 0.717) is 32.2 Å². The third kappa shape index (κ3) is 25.8. The minimum atomic E-state index is -0.612. The topological polar surface area (TPSA) is 214 Å². The molecule has 3 aliphatic heterocycles. The molecule has 6 rings (SSSR count). The van der Waals surface area contributed by atoms with Gasteiger partial charge in [0, 0.05) is 98.7 Å². The minimum absolute atomic E-state index is 0.00565. The Morgan fingerprint density at radius 2 is 1.63 bits per heavy atom. The monoisotopic (exact) mass is 1140 g/mol. The molecule has 3 fully saturated rings. The fourth-order valence-corrected chi connectivity index (χ4v) is 8.71. The van der Waals surface area contributed by atoms with Gasteiger partial charge in [-0.25, -0.2) is 5.43 Å². The van der Waals surface area contributed by atoms with Gasteiger partial charge in [0.2, 0.25) is 18.7 Å². The van der Waals surface area contributed by atoms with Gasteiger partial charge in [-0.05, 0) is 114 Å². The lowest BCUT2D eigenvalue weighted by Gasteiger charge is -2.41. The summed E-state index contributed by atoms with van der Waals surface area (Å²) in [6.07, 6.45) is 20.0. The summed E-state index contributed by atoms with van der Waals surface area (Å²) in [6, 6.07) is 9.21. The number of aromatic nitrogens is 2. The van der Waals surface area contributed by atoms with Crippen LogP contribution in [0.1, 0.15) is 138 Å². The summed E-state index contributed by atoms with van der Waals surface area (Å²) < 4.78 is 13.9. The number of aliphatic hydroxyl groups is 1. The van der Waals surface area contributed by atoms with Crippen molar-refractivity contribution in [3.8, 4) is 35.9 Å². The molecule has 0 bridgehead atoms. The van der Waals surface area contributed by atoms with Crippen LogP contribution in [0, 0.1) is 36.0 Å². The molecule has 0 radical (unpaired) electrons. The normalized spacial score (nSPS) is 14.3. The van der Waals surface area contributed by atoms with Crippen molar-refractivity contribution < 1.29 is 38.6 Å². The zero-order valence-electron chi connectivity index (χ0n) is 50.3. The molecule has 5 heterocycles. The first-order valence-corrected chi connectivity index (χ1v) is 29.8. The van der Waals surface area contributed by atoms with Crippen LogP contribution >= 0.6 is 24.4 Å². The molecule has 2 unspecified atom stereocenters. The number of amides is 4. The molecule has 0 saturated carbocycles. The van der Waals surface area contributed by atoms with Crippen LogP contribution in [0.15, 0.2) is 36.5 Å². The van der Waals surface area contributed by atoms with Crippen molar-refractivity contribution in [3.63, 3.8) is 0 Å². The van der Waals surface area contributed by atoms with Gasteiger partial charge in [-0.15, -0.1) is 12.8 Å². The Morgan fingerprint density at radius 1 is 1.00 bits per heavy atom. The molecular formula is C60H99N9O8S2. The number of thioether (sulfide) groups is 1. The van der Waals surface area contributed by atoms with Crippen molar-refractivity contribution in [2.24, 2.45) is 17.1 Å². The number of benzene rings is 1. The summed E-state index contributed by atoms with van der Waals surface area (Å²) in [4.78, 5) is 66.9. The summed E-state index contributed by atoms with van der Waals surface area (Å²) in [7, 11) is 3.23. The van der Waals surface area contributed by atoms with Crippen molar-refractivity contribution >= 4 is 71.6 Å². The fourth-order valence-electron chi connectivity index (χ4n) is 8.71. The van der Waals surface area contributed by atoms with Crippen LogP contribution in [-0.2, 0) is 46.4 Å². The molecule has 3 saturated heterocycles. The number of carbonyl (C=O) groups excluding carboxylic acids is 5. The van der Waals surface area contributed by atoms with Crippen LogP contribution < -0.4 is 21.9 Å². The smallest absolute Gasteiger partial charge is 0.324 e. The predicted octanol–water partition coefficient (Wildman–Crippen LogP) is 8.38. The van der Waals surface area contributed by atoms with Crippen molar-refractivity contribution in [2.45, 2.75) is 158 Å². The number of anilines is 1. The Bertz CT molecular complexity index is 2320. The second-order valence-electron chi connectivity index (χ2n) is 20.3. The molecule has 0 spiro atoms. The van der Waals surface area contributed by atoms with Crippen LogP contribution in [0.25, 0.3) is 22.2 Å². The van der Waals surface area contributed by atoms with Gasteiger partial charge < -0.3 is 40.0 Å². The summed E-state index contributed by atoms with van der Waals surface area (Å²) >= 11 is 5.53. The maximum atomic E-state index is 13.1. The van der Waals surface area contributed by atoms with Gasteiger partial charge in [0.25, 0.3) is 5.91 Å². The number of likely N-dealkylation sites (tertiary alicyclic amines) is 2. The third-order valence-electron chi connectivity index (χ3n) is 13.0. The number of pyridine rings is 1. The first-order chi connectivity index (χ1) is 37.8. The fraction of sp³-hybridized carbons (Fsp3) is 0.633. The number of thiol groups is 1. The van der Waals surface area contributed by atoms with Crippen molar-refractivity contribution in [3.05, 3.63) is 47.8 Å². The van der Waals surface area contributed by atoms with Gasteiger partial charge in [0.05, 0.1) is 36.2 Å². The number of nitrogens with two attached hydrogens (primary N) is 1. The maximum Gasteiger partial charge on any atom is 0.324 e. The Balaban J connectivity index is 0.00000136. The van der Waals surface area contributed by atoms with Gasteiger partial charge in [-0.3, -0.25) is 39.3 Å². The number of fused-ring (bicyclic) bond motifs is 1. The van der Waals surface area contributed by atoms with Gasteiger partial charge >= 0.3 is 5.97 Å². The number of primary amides is 1. The number of hydrogen-bond acceptors (Lipinski definition) is 14. The second kappa shape index (κ2) is 40.8. The summed E-state index contributed by atoms with van der Waals surface area (Å²) in [5.41, 5.74) is 15.8. The van der Waals surface area contributed by atoms with Crippen molar-refractivity contribution in [1.82, 2.24) is 35.1 Å². The van der Waals surface area contributed by atoms with Gasteiger partial charge in [0.15, 0.2) is 0 Å². The summed E-state index contributed by atoms with van der Waals surface area (Å²) in [5.74, 6) is 7.98. The average molecular weight is 1140 g/mol. The number of nitrogens with one attached hydrogen (secondary N) is 3. The third-order valence-corrected chi connectivity index (χ3v) is 13.4. The van der Waals surface area contributed by atoms with Gasteiger partial charge in [-0.1, -0.05) is 73.6 Å². The standard InChI is InChI=1S/C33H49N5O5.C13H20N2O.C7H14N2O2.C2H4S.C2H6.C2H2.CH4S/c1-7-9-10-13-28(37-36-22-40)32(41)43-21-33(4,5)20-27-26-19-24(34-17-18-39)14-15-29(26)38(8-2)31(27)25-12-11-16-35-30(25)23(3)42-6;1-13(2,15-10-5-11-15)7-6-12(16)14-8-3-4-9-14;1-5(2)6(7(8)11)9(3)4-10;1-2-3-1;3*1-2/h11-12,14-16,19,22-23,28,34,37,39H,7-10,13,17-18,20-21H2,1-6H3,(H,36,40);3-5,8-11H2,1-2H3;4-6H,1-3H3,(H2,8,11);1-2H2;1-2H3;1-2H;2H,1H3/t23?,28-;;;;;;/m0....../s1. The average Bonchev–Trinajstić information content (AvgIpc) is 4.28. The van der Waals surface area contributed by atoms with Crippen LogP contribution in [0.3, 0.4) is 0 Å². The molecule has 3 atom stereocenters. The molecule has 6 N–H and O–H groups in total. The molecule has 3 aliphatic rings. The summed E-state index contributed by atoms with van der Waals surface area (Å²) in [5, 5.41) is 13.8. The number of rotatable bonds is 24. The number of aryl methyl sites for hydroxylation is 1. The Morgan fingerprint density at radius 3 is 2.11 bits per heavy atom. The zero-order chi connectivity index (χ0) is 60.1. The Kier molecular flexibility index (Phi) is 38.1. The van der Waals surface area contributed by atoms with E-state index in [4.69, 9.17) is 20.2 Å². The lowest BCUT2D eigenvalue weighted by atomic mass is 9.84. The number of likely N-dealkylation sites (N-methyl/N-ethyl adjacent to an activating group) is 1. The number of aliphatic hydroxyl groups excluding tert-OH is 1. The number of ether oxygens (including phenoxy) is 2. The maximum absolute atomic E-state index is 13.1. The van der Waals surface area contributed by atoms with E-state index >= 15 is 0 Å². The minimum Gasteiger partial charge on any atom is -0.464 e. The highest BCUT2D eigenvalue weighted by Gasteiger charge is 2.32. The number of methoxy groups -OCH3 is 1. The van der Waals surface area contributed by atoms with E-state index < -0.39 is 23.4 Å². The molecule has 19 heteroatoms. The highest BCUT2D eigenvalue weighted by Crippen LogP contribution is 2.41. The molecule has 2 aromatic heterocycles. The van der Waals surface area contributed by atoms with E-state index in [2.05, 4.69) is 123 Å². The van der Waals surface area contributed by atoms with Crippen LogP contribution in [0.4, 0.5) is 5.69 Å².